The molecule has 2 aromatic heterocycles. The summed E-state index contributed by atoms with van der Waals surface area (Å²) in [6, 6.07) is 17.8. The number of hydrogen-bond donors (Lipinski definition) is 0. The van der Waals surface area contributed by atoms with Gasteiger partial charge >= 0.3 is 0 Å². The number of fused-ring (bicyclic) bond motifs is 1. The summed E-state index contributed by atoms with van der Waals surface area (Å²) in [7, 11) is -3.98. The van der Waals surface area contributed by atoms with E-state index in [1.54, 1.807) is 61.0 Å². The molecule has 0 aliphatic carbocycles. The third-order valence-corrected chi connectivity index (χ3v) is 7.97. The third kappa shape index (κ3) is 3.63. The minimum Gasteiger partial charge on any atom is -0.453 e. The van der Waals surface area contributed by atoms with Crippen molar-refractivity contribution in [1.29, 1.82) is 5.26 Å². The molecular weight excluding hydrogens is 473 g/mol. The van der Waals surface area contributed by atoms with Crippen molar-refractivity contribution >= 4 is 32.3 Å². The van der Waals surface area contributed by atoms with E-state index in [1.807, 2.05) is 6.07 Å². The van der Waals surface area contributed by atoms with Gasteiger partial charge in [0.2, 0.25) is 0 Å². The number of aromatic nitrogens is 2. The number of aryl methyl sites for hydroxylation is 1. The molecule has 0 spiro atoms. The van der Waals surface area contributed by atoms with Gasteiger partial charge in [0.05, 0.1) is 27.6 Å². The van der Waals surface area contributed by atoms with Crippen LogP contribution in [0, 0.1) is 24.1 Å². The van der Waals surface area contributed by atoms with Gasteiger partial charge in [0.1, 0.15) is 10.8 Å². The van der Waals surface area contributed by atoms with E-state index in [2.05, 4.69) is 4.98 Å². The van der Waals surface area contributed by atoms with E-state index < -0.39 is 15.8 Å². The number of ether oxygens (including phenoxy) is 1. The zero-order chi connectivity index (χ0) is 23.9. The summed E-state index contributed by atoms with van der Waals surface area (Å²) in [6.07, 6.45) is 2.99. The fourth-order valence-electron chi connectivity index (χ4n) is 3.77. The molecule has 9 heteroatoms. The lowest BCUT2D eigenvalue weighted by molar-refractivity contribution is 0.445. The largest absolute Gasteiger partial charge is 0.453 e. The summed E-state index contributed by atoms with van der Waals surface area (Å²) in [6.45, 7) is 1.71. The summed E-state index contributed by atoms with van der Waals surface area (Å²) >= 11 is 1.28. The maximum Gasteiger partial charge on any atom is 0.268 e. The minimum absolute atomic E-state index is 0.0939. The average Bonchev–Trinajstić information content (AvgIpc) is 3.50. The second-order valence-corrected chi connectivity index (χ2v) is 10.1. The van der Waals surface area contributed by atoms with Crippen molar-refractivity contribution in [3.63, 3.8) is 0 Å². The molecule has 0 fully saturated rings. The molecule has 0 atom stereocenters. The van der Waals surface area contributed by atoms with Crippen molar-refractivity contribution < 1.29 is 17.5 Å². The van der Waals surface area contributed by atoms with Crippen LogP contribution in [0.1, 0.15) is 11.1 Å². The van der Waals surface area contributed by atoms with Crippen molar-refractivity contribution in [3.05, 3.63) is 95.4 Å². The highest BCUT2D eigenvalue weighted by Gasteiger charge is 2.26. The molecule has 34 heavy (non-hydrogen) atoms. The Morgan fingerprint density at radius 3 is 2.68 bits per heavy atom. The van der Waals surface area contributed by atoms with Gasteiger partial charge in [-0.15, -0.1) is 11.3 Å². The molecule has 2 heterocycles. The highest BCUT2D eigenvalue weighted by Crippen LogP contribution is 2.43. The molecule has 0 aliphatic heterocycles. The van der Waals surface area contributed by atoms with E-state index in [0.717, 1.165) is 10.0 Å². The first-order chi connectivity index (χ1) is 16.4. The lowest BCUT2D eigenvalue weighted by Crippen LogP contribution is -2.13. The Balaban J connectivity index is 1.75. The fraction of sp³-hybridized carbons (Fsp3) is 0.0400. The van der Waals surface area contributed by atoms with Crippen LogP contribution in [0.5, 0.6) is 11.5 Å². The molecule has 0 N–H and O–H groups in total. The van der Waals surface area contributed by atoms with Crippen molar-refractivity contribution in [1.82, 2.24) is 8.96 Å². The van der Waals surface area contributed by atoms with Gasteiger partial charge in [-0.2, -0.15) is 5.26 Å². The Hall–Kier alpha value is -4.00. The molecule has 3 aromatic carbocycles. The summed E-state index contributed by atoms with van der Waals surface area (Å²) in [5.74, 6) is -0.564. The molecule has 0 aliphatic rings. The molecule has 6 nitrogen and oxygen atoms in total. The Morgan fingerprint density at radius 2 is 1.94 bits per heavy atom. The summed E-state index contributed by atoms with van der Waals surface area (Å²) in [4.78, 5) is 4.45. The Bertz CT molecular complexity index is 1680. The molecular formula is C25H16FN3O3S2. The van der Waals surface area contributed by atoms with E-state index in [4.69, 9.17) is 4.74 Å². The number of thiazole rings is 1. The lowest BCUT2D eigenvalue weighted by Gasteiger charge is -2.14. The summed E-state index contributed by atoms with van der Waals surface area (Å²) < 4.78 is 49.4. The normalized spacial score (nSPS) is 11.4. The number of rotatable bonds is 5. The molecule has 0 saturated carbocycles. The van der Waals surface area contributed by atoms with Crippen molar-refractivity contribution in [2.45, 2.75) is 11.8 Å². The SMILES string of the molecule is Cc1ccccc1S(=O)(=O)n1ccc2c(-c3nccs3)c(Oc3cccc(C#N)c3)c(F)cc21. The Morgan fingerprint density at radius 1 is 1.12 bits per heavy atom. The van der Waals surface area contributed by atoms with Crippen LogP contribution < -0.4 is 4.74 Å². The van der Waals surface area contributed by atoms with Gasteiger partial charge in [-0.3, -0.25) is 0 Å². The second-order valence-electron chi connectivity index (χ2n) is 7.46. The van der Waals surface area contributed by atoms with Gasteiger partial charge in [-0.05, 0) is 42.8 Å². The van der Waals surface area contributed by atoms with Gasteiger partial charge < -0.3 is 4.74 Å². The monoisotopic (exact) mass is 489 g/mol. The summed E-state index contributed by atoms with van der Waals surface area (Å²) in [5, 5.41) is 11.9. The quantitative estimate of drug-likeness (QED) is 0.297. The summed E-state index contributed by atoms with van der Waals surface area (Å²) in [5.41, 5.74) is 1.46. The first-order valence-corrected chi connectivity index (χ1v) is 12.4. The third-order valence-electron chi connectivity index (χ3n) is 5.33. The van der Waals surface area contributed by atoms with Crippen molar-refractivity contribution in [2.24, 2.45) is 0 Å². The van der Waals surface area contributed by atoms with Crippen LogP contribution in [-0.2, 0) is 10.0 Å². The number of nitriles is 1. The predicted molar refractivity (Wildman–Crippen MR) is 128 cm³/mol. The van der Waals surface area contributed by atoms with Crippen LogP contribution in [0.3, 0.4) is 0 Å². The molecule has 5 rings (SSSR count). The maximum atomic E-state index is 15.5. The number of benzene rings is 3. The van der Waals surface area contributed by atoms with E-state index in [9.17, 15) is 13.7 Å². The highest BCUT2D eigenvalue weighted by atomic mass is 32.2. The molecule has 0 saturated heterocycles. The van der Waals surface area contributed by atoms with Crippen LogP contribution >= 0.6 is 11.3 Å². The Kier molecular flexibility index (Phi) is 5.40. The lowest BCUT2D eigenvalue weighted by atomic mass is 10.1. The molecule has 0 amide bonds. The van der Waals surface area contributed by atoms with Crippen LogP contribution in [0.4, 0.5) is 4.39 Å². The van der Waals surface area contributed by atoms with Gasteiger partial charge in [-0.25, -0.2) is 21.8 Å². The predicted octanol–water partition coefficient (Wildman–Crippen LogP) is 6.11. The van der Waals surface area contributed by atoms with E-state index in [0.29, 0.717) is 27.1 Å². The van der Waals surface area contributed by atoms with E-state index in [-0.39, 0.29) is 21.9 Å². The number of nitrogens with zero attached hydrogens (tertiary/aromatic N) is 3. The number of hydrogen-bond acceptors (Lipinski definition) is 6. The zero-order valence-electron chi connectivity index (χ0n) is 17.8. The molecule has 5 aromatic rings. The van der Waals surface area contributed by atoms with Crippen LogP contribution in [0.25, 0.3) is 21.5 Å². The smallest absolute Gasteiger partial charge is 0.268 e. The maximum absolute atomic E-state index is 15.5. The Labute approximate surface area is 199 Å². The molecule has 0 radical (unpaired) electrons. The zero-order valence-corrected chi connectivity index (χ0v) is 19.4. The molecule has 0 bridgehead atoms. The van der Waals surface area contributed by atoms with E-state index >= 15 is 4.39 Å². The minimum atomic E-state index is -3.98. The van der Waals surface area contributed by atoms with Crippen LogP contribution in [-0.4, -0.2) is 17.4 Å². The van der Waals surface area contributed by atoms with Gasteiger partial charge in [0.15, 0.2) is 11.6 Å². The van der Waals surface area contributed by atoms with Crippen molar-refractivity contribution in [3.8, 4) is 28.1 Å². The van der Waals surface area contributed by atoms with E-state index in [1.165, 1.54) is 29.7 Å². The number of halogens is 1. The van der Waals surface area contributed by atoms with Crippen LogP contribution in [0.2, 0.25) is 0 Å². The topological polar surface area (TPSA) is 85.0 Å². The van der Waals surface area contributed by atoms with Crippen LogP contribution in [0.15, 0.2) is 83.3 Å². The highest BCUT2D eigenvalue weighted by molar-refractivity contribution is 7.90. The van der Waals surface area contributed by atoms with Gasteiger partial charge in [-0.1, -0.05) is 24.3 Å². The first kappa shape index (κ1) is 21.8. The first-order valence-electron chi connectivity index (χ1n) is 10.1. The molecule has 0 unspecified atom stereocenters. The fourth-order valence-corrected chi connectivity index (χ4v) is 6.04. The standard InChI is InChI=1S/C25H16FN3O3S2/c1-16-5-2-3-8-22(16)34(30,31)29-11-9-19-21(29)14-20(26)24(23(19)25-28-10-12-33-25)32-18-7-4-6-17(13-18)15-27/h2-14H,1H3. The van der Waals surface area contributed by atoms with Crippen molar-refractivity contribution in [2.75, 3.05) is 0 Å². The van der Waals surface area contributed by atoms with Gasteiger partial charge in [0, 0.05) is 29.2 Å². The second kappa shape index (κ2) is 8.41. The average molecular weight is 490 g/mol. The van der Waals surface area contributed by atoms with Gasteiger partial charge in [0.25, 0.3) is 10.0 Å². The molecule has 168 valence electrons.